The summed E-state index contributed by atoms with van der Waals surface area (Å²) in [5.41, 5.74) is 1.36. The normalized spacial score (nSPS) is 11.9. The van der Waals surface area contributed by atoms with E-state index in [1.54, 1.807) is 58.4 Å². The SMILES string of the molecule is COC(=O)[C@H](NS(=O)(=O)c1ccc(C#Cc2ccc(OC)c(OC)c2)cc1)C(C)C. The number of carbonyl (C=O) groups is 1. The molecule has 0 radical (unpaired) electrons. The van der Waals surface area contributed by atoms with Gasteiger partial charge >= 0.3 is 5.97 Å². The molecular weight excluding hydrogens is 406 g/mol. The first-order valence-corrected chi connectivity index (χ1v) is 10.6. The van der Waals surface area contributed by atoms with E-state index in [0.29, 0.717) is 17.1 Å². The molecule has 0 amide bonds. The van der Waals surface area contributed by atoms with Crippen molar-refractivity contribution in [2.75, 3.05) is 21.3 Å². The van der Waals surface area contributed by atoms with Gasteiger partial charge in [-0.1, -0.05) is 25.7 Å². The fourth-order valence-corrected chi connectivity index (χ4v) is 3.93. The van der Waals surface area contributed by atoms with Crippen molar-refractivity contribution < 1.29 is 27.4 Å². The maximum Gasteiger partial charge on any atom is 0.324 e. The Hall–Kier alpha value is -3.02. The zero-order valence-electron chi connectivity index (χ0n) is 17.6. The Kier molecular flexibility index (Phi) is 7.86. The van der Waals surface area contributed by atoms with E-state index < -0.39 is 22.0 Å². The van der Waals surface area contributed by atoms with Crippen LogP contribution in [0.3, 0.4) is 0 Å². The topological polar surface area (TPSA) is 90.9 Å². The number of hydrogen-bond donors (Lipinski definition) is 1. The summed E-state index contributed by atoms with van der Waals surface area (Å²) in [5, 5.41) is 0. The van der Waals surface area contributed by atoms with Crippen molar-refractivity contribution in [3.8, 4) is 23.3 Å². The van der Waals surface area contributed by atoms with Gasteiger partial charge in [-0.15, -0.1) is 0 Å². The number of benzene rings is 2. The molecular formula is C22H25NO6S. The van der Waals surface area contributed by atoms with Crippen LogP contribution in [0.4, 0.5) is 0 Å². The molecule has 0 fully saturated rings. The highest BCUT2D eigenvalue weighted by Gasteiger charge is 2.28. The molecule has 8 heteroatoms. The van der Waals surface area contributed by atoms with Crippen LogP contribution in [0.1, 0.15) is 25.0 Å². The van der Waals surface area contributed by atoms with Crippen molar-refractivity contribution in [1.82, 2.24) is 4.72 Å². The number of ether oxygens (including phenoxy) is 3. The minimum Gasteiger partial charge on any atom is -0.493 e. The fraction of sp³-hybridized carbons (Fsp3) is 0.318. The van der Waals surface area contributed by atoms with Crippen molar-refractivity contribution in [3.05, 3.63) is 53.6 Å². The molecule has 0 aliphatic carbocycles. The van der Waals surface area contributed by atoms with Gasteiger partial charge in [0, 0.05) is 11.1 Å². The van der Waals surface area contributed by atoms with Crippen LogP contribution in [-0.2, 0) is 19.6 Å². The Morgan fingerprint density at radius 1 is 0.900 bits per heavy atom. The summed E-state index contributed by atoms with van der Waals surface area (Å²) in [4.78, 5) is 11.9. The van der Waals surface area contributed by atoms with E-state index in [0.717, 1.165) is 5.56 Å². The monoisotopic (exact) mass is 431 g/mol. The first-order valence-electron chi connectivity index (χ1n) is 9.16. The number of hydrogen-bond acceptors (Lipinski definition) is 6. The highest BCUT2D eigenvalue weighted by molar-refractivity contribution is 7.89. The smallest absolute Gasteiger partial charge is 0.324 e. The molecule has 160 valence electrons. The Bertz CT molecular complexity index is 1050. The molecule has 30 heavy (non-hydrogen) atoms. The van der Waals surface area contributed by atoms with E-state index in [1.165, 1.54) is 19.2 Å². The molecule has 0 spiro atoms. The van der Waals surface area contributed by atoms with Crippen molar-refractivity contribution in [1.29, 1.82) is 0 Å². The lowest BCUT2D eigenvalue weighted by Gasteiger charge is -2.19. The largest absolute Gasteiger partial charge is 0.493 e. The van der Waals surface area contributed by atoms with Gasteiger partial charge in [0.15, 0.2) is 11.5 Å². The second kappa shape index (κ2) is 10.1. The lowest BCUT2D eigenvalue weighted by Crippen LogP contribution is -2.44. The maximum atomic E-state index is 12.6. The highest BCUT2D eigenvalue weighted by atomic mass is 32.2. The molecule has 1 atom stereocenters. The molecule has 0 saturated heterocycles. The molecule has 0 aliphatic heterocycles. The first kappa shape index (κ1) is 23.3. The van der Waals surface area contributed by atoms with Gasteiger partial charge in [0.05, 0.1) is 26.2 Å². The summed E-state index contributed by atoms with van der Waals surface area (Å²) >= 11 is 0. The molecule has 2 rings (SSSR count). The van der Waals surface area contributed by atoms with Gasteiger partial charge in [-0.2, -0.15) is 4.72 Å². The van der Waals surface area contributed by atoms with Crippen LogP contribution in [-0.4, -0.2) is 41.8 Å². The second-order valence-corrected chi connectivity index (χ2v) is 8.42. The van der Waals surface area contributed by atoms with Crippen molar-refractivity contribution in [2.45, 2.75) is 24.8 Å². The Balaban J connectivity index is 2.21. The number of sulfonamides is 1. The molecule has 2 aromatic rings. The molecule has 1 N–H and O–H groups in total. The van der Waals surface area contributed by atoms with Gasteiger partial charge in [-0.05, 0) is 48.4 Å². The van der Waals surface area contributed by atoms with Gasteiger partial charge in [-0.25, -0.2) is 8.42 Å². The van der Waals surface area contributed by atoms with E-state index in [1.807, 2.05) is 0 Å². The van der Waals surface area contributed by atoms with Crippen LogP contribution in [0, 0.1) is 17.8 Å². The second-order valence-electron chi connectivity index (χ2n) is 6.71. The van der Waals surface area contributed by atoms with Gasteiger partial charge in [0.2, 0.25) is 10.0 Å². The Morgan fingerprint density at radius 3 is 2.00 bits per heavy atom. The third kappa shape index (κ3) is 5.75. The van der Waals surface area contributed by atoms with Gasteiger partial charge < -0.3 is 14.2 Å². The number of esters is 1. The third-order valence-electron chi connectivity index (χ3n) is 4.30. The Labute approximate surface area is 177 Å². The summed E-state index contributed by atoms with van der Waals surface area (Å²) in [6.45, 7) is 3.47. The molecule has 0 heterocycles. The van der Waals surface area contributed by atoms with Crippen LogP contribution in [0.15, 0.2) is 47.4 Å². The van der Waals surface area contributed by atoms with Crippen LogP contribution in [0.25, 0.3) is 0 Å². The van der Waals surface area contributed by atoms with E-state index in [-0.39, 0.29) is 10.8 Å². The van der Waals surface area contributed by atoms with Crippen LogP contribution < -0.4 is 14.2 Å². The quantitative estimate of drug-likeness (QED) is 0.535. The minimum absolute atomic E-state index is 0.0359. The Morgan fingerprint density at radius 2 is 1.47 bits per heavy atom. The average molecular weight is 432 g/mol. The number of carbonyl (C=O) groups excluding carboxylic acids is 1. The average Bonchev–Trinajstić information content (AvgIpc) is 2.75. The van der Waals surface area contributed by atoms with Crippen molar-refractivity contribution in [2.24, 2.45) is 5.92 Å². The summed E-state index contributed by atoms with van der Waals surface area (Å²) < 4.78 is 42.7. The number of methoxy groups -OCH3 is 3. The molecule has 7 nitrogen and oxygen atoms in total. The minimum atomic E-state index is -3.89. The zero-order chi connectivity index (χ0) is 22.3. The van der Waals surface area contributed by atoms with E-state index in [4.69, 9.17) is 9.47 Å². The zero-order valence-corrected chi connectivity index (χ0v) is 18.4. The predicted octanol–water partition coefficient (Wildman–Crippen LogP) is 2.58. The summed E-state index contributed by atoms with van der Waals surface area (Å²) in [6.07, 6.45) is 0. The molecule has 2 aromatic carbocycles. The molecule has 0 bridgehead atoms. The van der Waals surface area contributed by atoms with Gasteiger partial charge in [-0.3, -0.25) is 4.79 Å². The van der Waals surface area contributed by atoms with Crippen molar-refractivity contribution >= 4 is 16.0 Å². The predicted molar refractivity (Wildman–Crippen MR) is 113 cm³/mol. The van der Waals surface area contributed by atoms with Crippen LogP contribution in [0.2, 0.25) is 0 Å². The van der Waals surface area contributed by atoms with Crippen LogP contribution >= 0.6 is 0 Å². The maximum absolute atomic E-state index is 12.6. The van der Waals surface area contributed by atoms with Gasteiger partial charge in [0.25, 0.3) is 0 Å². The summed E-state index contributed by atoms with van der Waals surface area (Å²) in [7, 11) is 0.436. The standard InChI is InChI=1S/C22H25NO6S/c1-15(2)21(22(24)29-5)23-30(25,26)18-11-8-16(9-12-18)6-7-17-10-13-19(27-3)20(14-17)28-4/h8-15,21,23H,1-5H3/t21-/m1/s1. The van der Waals surface area contributed by atoms with E-state index in [2.05, 4.69) is 21.3 Å². The molecule has 0 saturated carbocycles. The lowest BCUT2D eigenvalue weighted by molar-refractivity contribution is -0.143. The number of rotatable bonds is 7. The molecule has 0 unspecified atom stereocenters. The highest BCUT2D eigenvalue weighted by Crippen LogP contribution is 2.27. The fourth-order valence-electron chi connectivity index (χ4n) is 2.59. The van der Waals surface area contributed by atoms with E-state index in [9.17, 15) is 13.2 Å². The summed E-state index contributed by atoms with van der Waals surface area (Å²) in [5.74, 6) is 6.26. The van der Waals surface area contributed by atoms with E-state index >= 15 is 0 Å². The molecule has 0 aliphatic rings. The number of nitrogens with one attached hydrogen (secondary N) is 1. The van der Waals surface area contributed by atoms with Crippen molar-refractivity contribution in [3.63, 3.8) is 0 Å². The first-order chi connectivity index (χ1) is 14.2. The summed E-state index contributed by atoms with van der Waals surface area (Å²) in [6, 6.07) is 10.4. The lowest BCUT2D eigenvalue weighted by atomic mass is 10.1. The molecule has 0 aromatic heterocycles. The third-order valence-corrected chi connectivity index (χ3v) is 5.76. The van der Waals surface area contributed by atoms with Crippen LogP contribution in [0.5, 0.6) is 11.5 Å². The van der Waals surface area contributed by atoms with Gasteiger partial charge in [0.1, 0.15) is 6.04 Å².